The van der Waals surface area contributed by atoms with Gasteiger partial charge in [0.25, 0.3) is 5.91 Å². The Balaban J connectivity index is 1.58. The van der Waals surface area contributed by atoms with Crippen LogP contribution >= 0.6 is 15.9 Å². The Morgan fingerprint density at radius 1 is 1.00 bits per heavy atom. The molecule has 0 saturated carbocycles. The van der Waals surface area contributed by atoms with Gasteiger partial charge < -0.3 is 14.8 Å². The van der Waals surface area contributed by atoms with E-state index in [9.17, 15) is 9.59 Å². The number of anilines is 1. The number of hydrogen-bond donors (Lipinski definition) is 2. The zero-order valence-corrected chi connectivity index (χ0v) is 19.2. The van der Waals surface area contributed by atoms with Crippen LogP contribution in [0, 0.1) is 0 Å². The van der Waals surface area contributed by atoms with Crippen molar-refractivity contribution in [1.82, 2.24) is 5.43 Å². The Morgan fingerprint density at radius 2 is 1.72 bits per heavy atom. The molecule has 7 nitrogen and oxygen atoms in total. The van der Waals surface area contributed by atoms with Crippen molar-refractivity contribution in [3.63, 3.8) is 0 Å². The summed E-state index contributed by atoms with van der Waals surface area (Å²) in [7, 11) is 1.56. The van der Waals surface area contributed by atoms with Gasteiger partial charge in [-0.3, -0.25) is 9.59 Å². The number of nitrogens with one attached hydrogen (secondary N) is 2. The number of hydrazone groups is 1. The van der Waals surface area contributed by atoms with Crippen LogP contribution < -0.4 is 20.2 Å². The van der Waals surface area contributed by atoms with E-state index < -0.39 is 0 Å². The summed E-state index contributed by atoms with van der Waals surface area (Å²) in [6.45, 7) is 1.83. The van der Waals surface area contributed by atoms with Crippen LogP contribution in [0.3, 0.4) is 0 Å². The maximum atomic E-state index is 12.2. The maximum absolute atomic E-state index is 12.2. The second-order valence-electron chi connectivity index (χ2n) is 6.78. The molecule has 2 amide bonds. The van der Waals surface area contributed by atoms with Gasteiger partial charge in [-0.05, 0) is 65.7 Å². The number of ether oxygens (including phenoxy) is 2. The van der Waals surface area contributed by atoms with Crippen molar-refractivity contribution in [2.45, 2.75) is 13.5 Å². The highest BCUT2D eigenvalue weighted by molar-refractivity contribution is 9.10. The lowest BCUT2D eigenvalue weighted by Crippen LogP contribution is -2.17. The fourth-order valence-electron chi connectivity index (χ4n) is 2.76. The molecule has 3 aromatic carbocycles. The van der Waals surface area contributed by atoms with Crippen molar-refractivity contribution < 1.29 is 19.1 Å². The number of carbonyl (C=O) groups excluding carboxylic acids is 2. The van der Waals surface area contributed by atoms with Crippen LogP contribution in [0.25, 0.3) is 0 Å². The van der Waals surface area contributed by atoms with Crippen molar-refractivity contribution in [3.8, 4) is 11.5 Å². The number of methoxy groups -OCH3 is 1. The molecular formula is C24H22BrN3O4. The normalized spacial score (nSPS) is 10.6. The molecule has 8 heteroatoms. The molecule has 0 bridgehead atoms. The molecule has 0 heterocycles. The molecule has 0 aliphatic heterocycles. The van der Waals surface area contributed by atoms with E-state index in [4.69, 9.17) is 9.47 Å². The molecule has 0 fully saturated rings. The Bertz CT molecular complexity index is 1110. The van der Waals surface area contributed by atoms with Crippen LogP contribution in [-0.2, 0) is 11.4 Å². The molecule has 2 N–H and O–H groups in total. The van der Waals surface area contributed by atoms with E-state index >= 15 is 0 Å². The first-order valence-electron chi connectivity index (χ1n) is 9.71. The highest BCUT2D eigenvalue weighted by Crippen LogP contribution is 2.28. The zero-order valence-electron chi connectivity index (χ0n) is 17.6. The molecule has 0 aliphatic carbocycles. The van der Waals surface area contributed by atoms with Gasteiger partial charge in [0.05, 0.1) is 13.3 Å². The molecule has 0 unspecified atom stereocenters. The molecule has 0 radical (unpaired) electrons. The van der Waals surface area contributed by atoms with E-state index in [0.29, 0.717) is 29.4 Å². The molecule has 0 aliphatic rings. The summed E-state index contributed by atoms with van der Waals surface area (Å²) in [5, 5.41) is 6.65. The first-order chi connectivity index (χ1) is 15.4. The standard InChI is InChI=1S/C24H22BrN3O4/c1-16(29)27-21-10-6-19(7-11-21)24(30)28-26-14-18-5-12-22(23(13-18)31-2)32-15-17-3-8-20(25)9-4-17/h3-14H,15H2,1-2H3,(H,27,29)(H,28,30). The van der Waals surface area contributed by atoms with E-state index in [0.717, 1.165) is 15.6 Å². The van der Waals surface area contributed by atoms with E-state index in [1.54, 1.807) is 43.5 Å². The number of halogens is 1. The molecule has 0 aromatic heterocycles. The molecule has 164 valence electrons. The number of benzene rings is 3. The monoisotopic (exact) mass is 495 g/mol. The van der Waals surface area contributed by atoms with Crippen molar-refractivity contribution >= 4 is 39.6 Å². The zero-order chi connectivity index (χ0) is 22.9. The van der Waals surface area contributed by atoms with E-state index in [-0.39, 0.29) is 11.8 Å². The van der Waals surface area contributed by atoms with Crippen LogP contribution in [0.5, 0.6) is 11.5 Å². The van der Waals surface area contributed by atoms with Gasteiger partial charge in [0.2, 0.25) is 5.91 Å². The Hall–Kier alpha value is -3.65. The highest BCUT2D eigenvalue weighted by Gasteiger charge is 2.07. The van der Waals surface area contributed by atoms with Gasteiger partial charge in [-0.25, -0.2) is 5.43 Å². The summed E-state index contributed by atoms with van der Waals surface area (Å²) in [5.74, 6) is 0.630. The predicted octanol–water partition coefficient (Wildman–Crippen LogP) is 4.76. The highest BCUT2D eigenvalue weighted by atomic mass is 79.9. The molecule has 0 saturated heterocycles. The van der Waals surface area contributed by atoms with Crippen LogP contribution in [0.4, 0.5) is 5.69 Å². The van der Waals surface area contributed by atoms with E-state index in [2.05, 4.69) is 31.8 Å². The quantitative estimate of drug-likeness (QED) is 0.348. The lowest BCUT2D eigenvalue weighted by atomic mass is 10.2. The number of amides is 2. The van der Waals surface area contributed by atoms with Gasteiger partial charge in [0, 0.05) is 22.6 Å². The predicted molar refractivity (Wildman–Crippen MR) is 127 cm³/mol. The summed E-state index contributed by atoms with van der Waals surface area (Å²) < 4.78 is 12.3. The summed E-state index contributed by atoms with van der Waals surface area (Å²) in [6, 6.07) is 19.8. The third-order valence-electron chi connectivity index (χ3n) is 4.34. The smallest absolute Gasteiger partial charge is 0.271 e. The third-order valence-corrected chi connectivity index (χ3v) is 4.87. The lowest BCUT2D eigenvalue weighted by Gasteiger charge is -2.11. The van der Waals surface area contributed by atoms with E-state index in [1.807, 2.05) is 30.3 Å². The van der Waals surface area contributed by atoms with Crippen LogP contribution in [0.1, 0.15) is 28.4 Å². The van der Waals surface area contributed by atoms with Gasteiger partial charge in [-0.2, -0.15) is 5.10 Å². The number of carbonyl (C=O) groups is 2. The van der Waals surface area contributed by atoms with Gasteiger partial charge >= 0.3 is 0 Å². The average molecular weight is 496 g/mol. The number of nitrogens with zero attached hydrogens (tertiary/aromatic N) is 1. The summed E-state index contributed by atoms with van der Waals surface area (Å²) in [6.07, 6.45) is 1.52. The molecule has 32 heavy (non-hydrogen) atoms. The summed E-state index contributed by atoms with van der Waals surface area (Å²) >= 11 is 3.41. The molecule has 3 aromatic rings. The van der Waals surface area contributed by atoms with Crippen molar-refractivity contribution in [1.29, 1.82) is 0 Å². The second-order valence-corrected chi connectivity index (χ2v) is 7.70. The summed E-state index contributed by atoms with van der Waals surface area (Å²) in [5.41, 5.74) is 5.29. The second kappa shape index (κ2) is 11.1. The van der Waals surface area contributed by atoms with Crippen LogP contribution in [-0.4, -0.2) is 25.1 Å². The largest absolute Gasteiger partial charge is 0.493 e. The SMILES string of the molecule is COc1cc(C=NNC(=O)c2ccc(NC(C)=O)cc2)ccc1OCc1ccc(Br)cc1. The molecular weight excluding hydrogens is 474 g/mol. The first kappa shape index (κ1) is 23.0. The van der Waals surface area contributed by atoms with Crippen LogP contribution in [0.2, 0.25) is 0 Å². The maximum Gasteiger partial charge on any atom is 0.271 e. The van der Waals surface area contributed by atoms with Crippen LogP contribution in [0.15, 0.2) is 76.3 Å². The third kappa shape index (κ3) is 6.68. The van der Waals surface area contributed by atoms with Crippen molar-refractivity contribution in [2.24, 2.45) is 5.10 Å². The summed E-state index contributed by atoms with van der Waals surface area (Å²) in [4.78, 5) is 23.3. The molecule has 3 rings (SSSR count). The fraction of sp³-hybridized carbons (Fsp3) is 0.125. The Morgan fingerprint density at radius 3 is 2.38 bits per heavy atom. The van der Waals surface area contributed by atoms with Crippen molar-refractivity contribution in [3.05, 3.63) is 87.9 Å². The van der Waals surface area contributed by atoms with Gasteiger partial charge in [-0.1, -0.05) is 28.1 Å². The number of hydrogen-bond acceptors (Lipinski definition) is 5. The minimum Gasteiger partial charge on any atom is -0.493 e. The van der Waals surface area contributed by atoms with Crippen molar-refractivity contribution in [2.75, 3.05) is 12.4 Å². The Kier molecular flexibility index (Phi) is 7.99. The Labute approximate surface area is 194 Å². The fourth-order valence-corrected chi connectivity index (χ4v) is 3.03. The van der Waals surface area contributed by atoms with Gasteiger partial charge in [0.15, 0.2) is 11.5 Å². The topological polar surface area (TPSA) is 89.0 Å². The average Bonchev–Trinajstić information content (AvgIpc) is 2.79. The minimum absolute atomic E-state index is 0.174. The van der Waals surface area contributed by atoms with E-state index in [1.165, 1.54) is 13.1 Å². The first-order valence-corrected chi connectivity index (χ1v) is 10.5. The molecule has 0 atom stereocenters. The van der Waals surface area contributed by atoms with Gasteiger partial charge in [-0.15, -0.1) is 0 Å². The minimum atomic E-state index is -0.364. The lowest BCUT2D eigenvalue weighted by molar-refractivity contribution is -0.114. The van der Waals surface area contributed by atoms with Gasteiger partial charge in [0.1, 0.15) is 6.61 Å². The number of rotatable bonds is 8. The molecule has 0 spiro atoms.